The molecule has 1 unspecified atom stereocenters. The van der Waals surface area contributed by atoms with Gasteiger partial charge in [-0.1, -0.05) is 13.8 Å². The van der Waals surface area contributed by atoms with Gasteiger partial charge in [0.1, 0.15) is 0 Å². The molecule has 0 aromatic rings. The van der Waals surface area contributed by atoms with Crippen LogP contribution in [0.15, 0.2) is 0 Å². The van der Waals surface area contributed by atoms with Gasteiger partial charge in [-0.2, -0.15) is 0 Å². The van der Waals surface area contributed by atoms with Gasteiger partial charge in [-0.25, -0.2) is 0 Å². The zero-order chi connectivity index (χ0) is 9.84. The van der Waals surface area contributed by atoms with Crippen LogP contribution in [0.5, 0.6) is 0 Å². The Hall–Kier alpha value is -1.06. The molecule has 74 valence electrons. The van der Waals surface area contributed by atoms with E-state index in [0.29, 0.717) is 19.6 Å². The van der Waals surface area contributed by atoms with Gasteiger partial charge in [0.15, 0.2) is 0 Å². The average molecular weight is 186 g/mol. The van der Waals surface area contributed by atoms with Crippen LogP contribution in [0.4, 0.5) is 0 Å². The Morgan fingerprint density at radius 2 is 2.38 bits per heavy atom. The molecule has 13 heavy (non-hydrogen) atoms. The van der Waals surface area contributed by atoms with Gasteiger partial charge in [0, 0.05) is 5.92 Å². The smallest absolute Gasteiger partial charge is 0.308 e. The Bertz CT molecular complexity index is 210. The number of esters is 2. The number of hydrogen-bond acceptors (Lipinski definition) is 4. The van der Waals surface area contributed by atoms with E-state index in [0.717, 1.165) is 0 Å². The predicted molar refractivity (Wildman–Crippen MR) is 44.9 cm³/mol. The molecular weight excluding hydrogens is 172 g/mol. The van der Waals surface area contributed by atoms with Crippen LogP contribution in [0.25, 0.3) is 0 Å². The Kier molecular flexibility index (Phi) is 3.28. The average Bonchev–Trinajstić information content (AvgIpc) is 2.47. The minimum absolute atomic E-state index is 0.0511. The summed E-state index contributed by atoms with van der Waals surface area (Å²) in [7, 11) is 0. The molecule has 1 fully saturated rings. The summed E-state index contributed by atoms with van der Waals surface area (Å²) < 4.78 is 9.69. The monoisotopic (exact) mass is 186 g/mol. The molecule has 4 nitrogen and oxygen atoms in total. The molecular formula is C9H14O4. The van der Waals surface area contributed by atoms with Crippen LogP contribution in [0.2, 0.25) is 0 Å². The fraction of sp³-hybridized carbons (Fsp3) is 0.778. The highest BCUT2D eigenvalue weighted by Crippen LogP contribution is 2.14. The topological polar surface area (TPSA) is 52.6 Å². The second-order valence-corrected chi connectivity index (χ2v) is 3.54. The van der Waals surface area contributed by atoms with Crippen molar-refractivity contribution in [1.29, 1.82) is 0 Å². The summed E-state index contributed by atoms with van der Waals surface area (Å²) in [5.41, 5.74) is 0. The molecule has 0 spiro atoms. The standard InChI is InChI=1S/C9H14O4/c1-6(2)9(11)13-5-7-3-8(10)12-4-7/h6-7H,3-5H2,1-2H3. The molecule has 1 rings (SSSR count). The Morgan fingerprint density at radius 3 is 2.85 bits per heavy atom. The van der Waals surface area contributed by atoms with Crippen molar-refractivity contribution in [2.45, 2.75) is 20.3 Å². The lowest BCUT2D eigenvalue weighted by Crippen LogP contribution is -2.17. The van der Waals surface area contributed by atoms with Crippen molar-refractivity contribution >= 4 is 11.9 Å². The fourth-order valence-corrected chi connectivity index (χ4v) is 1.04. The van der Waals surface area contributed by atoms with Crippen LogP contribution < -0.4 is 0 Å². The van der Waals surface area contributed by atoms with Crippen molar-refractivity contribution in [2.75, 3.05) is 13.2 Å². The molecule has 0 radical (unpaired) electrons. The maximum atomic E-state index is 11.0. The molecule has 0 aromatic carbocycles. The summed E-state index contributed by atoms with van der Waals surface area (Å²) in [5, 5.41) is 0. The first-order valence-electron chi connectivity index (χ1n) is 4.42. The molecule has 0 aromatic heterocycles. The van der Waals surface area contributed by atoms with Gasteiger partial charge < -0.3 is 9.47 Å². The third kappa shape index (κ3) is 3.05. The van der Waals surface area contributed by atoms with Crippen molar-refractivity contribution in [1.82, 2.24) is 0 Å². The summed E-state index contributed by atoms with van der Waals surface area (Å²) in [5.74, 6) is -0.488. The Balaban J connectivity index is 2.19. The zero-order valence-corrected chi connectivity index (χ0v) is 7.91. The molecule has 1 aliphatic heterocycles. The number of rotatable bonds is 3. The van der Waals surface area contributed by atoms with Crippen LogP contribution >= 0.6 is 0 Å². The van der Waals surface area contributed by atoms with E-state index in [9.17, 15) is 9.59 Å². The second-order valence-electron chi connectivity index (χ2n) is 3.54. The minimum Gasteiger partial charge on any atom is -0.465 e. The SMILES string of the molecule is CC(C)C(=O)OCC1COC(=O)C1. The van der Waals surface area contributed by atoms with Crippen LogP contribution in [0.1, 0.15) is 20.3 Å². The lowest BCUT2D eigenvalue weighted by molar-refractivity contribution is -0.148. The first kappa shape index (κ1) is 10.0. The van der Waals surface area contributed by atoms with E-state index in [1.807, 2.05) is 0 Å². The number of cyclic esters (lactones) is 1. The summed E-state index contributed by atoms with van der Waals surface area (Å²) >= 11 is 0. The van der Waals surface area contributed by atoms with Gasteiger partial charge in [-0.3, -0.25) is 9.59 Å². The summed E-state index contributed by atoms with van der Waals surface area (Å²) in [6.07, 6.45) is 0.366. The van der Waals surface area contributed by atoms with E-state index >= 15 is 0 Å². The molecule has 0 aliphatic carbocycles. The highest BCUT2D eigenvalue weighted by molar-refractivity contribution is 5.72. The lowest BCUT2D eigenvalue weighted by atomic mass is 10.1. The maximum Gasteiger partial charge on any atom is 0.308 e. The van der Waals surface area contributed by atoms with E-state index in [4.69, 9.17) is 9.47 Å². The molecule has 1 heterocycles. The maximum absolute atomic E-state index is 11.0. The fourth-order valence-electron chi connectivity index (χ4n) is 1.04. The lowest BCUT2D eigenvalue weighted by Gasteiger charge is -2.09. The molecule has 1 saturated heterocycles. The van der Waals surface area contributed by atoms with E-state index in [1.165, 1.54) is 0 Å². The van der Waals surface area contributed by atoms with Crippen molar-refractivity contribution < 1.29 is 19.1 Å². The summed E-state index contributed by atoms with van der Waals surface area (Å²) in [6, 6.07) is 0. The van der Waals surface area contributed by atoms with E-state index in [1.54, 1.807) is 13.8 Å². The van der Waals surface area contributed by atoms with Gasteiger partial charge in [-0.15, -0.1) is 0 Å². The van der Waals surface area contributed by atoms with E-state index < -0.39 is 0 Å². The van der Waals surface area contributed by atoms with Gasteiger partial charge >= 0.3 is 11.9 Å². The van der Waals surface area contributed by atoms with Crippen LogP contribution in [-0.4, -0.2) is 25.2 Å². The Morgan fingerprint density at radius 1 is 1.69 bits per heavy atom. The summed E-state index contributed by atoms with van der Waals surface area (Å²) in [4.78, 5) is 21.7. The van der Waals surface area contributed by atoms with Crippen molar-refractivity contribution in [2.24, 2.45) is 11.8 Å². The van der Waals surface area contributed by atoms with Crippen LogP contribution in [-0.2, 0) is 19.1 Å². The normalized spacial score (nSPS) is 21.8. The molecule has 0 amide bonds. The number of hydrogen-bond donors (Lipinski definition) is 0. The van der Waals surface area contributed by atoms with Gasteiger partial charge in [0.05, 0.1) is 25.6 Å². The van der Waals surface area contributed by atoms with E-state index in [-0.39, 0.29) is 23.8 Å². The number of ether oxygens (including phenoxy) is 2. The van der Waals surface area contributed by atoms with Crippen LogP contribution in [0.3, 0.4) is 0 Å². The Labute approximate surface area is 77.2 Å². The third-order valence-corrected chi connectivity index (χ3v) is 1.87. The van der Waals surface area contributed by atoms with Gasteiger partial charge in [0.25, 0.3) is 0 Å². The van der Waals surface area contributed by atoms with E-state index in [2.05, 4.69) is 0 Å². The van der Waals surface area contributed by atoms with Crippen LogP contribution in [0, 0.1) is 11.8 Å². The number of carbonyl (C=O) groups is 2. The summed E-state index contributed by atoms with van der Waals surface area (Å²) in [6.45, 7) is 4.23. The highest BCUT2D eigenvalue weighted by Gasteiger charge is 2.25. The molecule has 4 heteroatoms. The molecule has 0 saturated carbocycles. The molecule has 0 bridgehead atoms. The van der Waals surface area contributed by atoms with Crippen molar-refractivity contribution in [3.8, 4) is 0 Å². The molecule has 1 aliphatic rings. The van der Waals surface area contributed by atoms with Gasteiger partial charge in [0.2, 0.25) is 0 Å². The highest BCUT2D eigenvalue weighted by atomic mass is 16.6. The molecule has 0 N–H and O–H groups in total. The van der Waals surface area contributed by atoms with Gasteiger partial charge in [-0.05, 0) is 0 Å². The first-order chi connectivity index (χ1) is 6.09. The predicted octanol–water partition coefficient (Wildman–Crippen LogP) is 0.749. The zero-order valence-electron chi connectivity index (χ0n) is 7.91. The van der Waals surface area contributed by atoms with Crippen molar-refractivity contribution in [3.63, 3.8) is 0 Å². The second kappa shape index (κ2) is 4.25. The number of carbonyl (C=O) groups excluding carboxylic acids is 2. The third-order valence-electron chi connectivity index (χ3n) is 1.87. The first-order valence-corrected chi connectivity index (χ1v) is 4.42. The largest absolute Gasteiger partial charge is 0.465 e. The molecule has 1 atom stereocenters. The quantitative estimate of drug-likeness (QED) is 0.610. The van der Waals surface area contributed by atoms with Crippen molar-refractivity contribution in [3.05, 3.63) is 0 Å². The minimum atomic E-state index is -0.223.